The third kappa shape index (κ3) is 2.91. The molecule has 8 heteroatoms. The number of rotatable bonds is 3. The third-order valence-electron chi connectivity index (χ3n) is 2.89. The Morgan fingerprint density at radius 1 is 1.18 bits per heavy atom. The van der Waals surface area contributed by atoms with Gasteiger partial charge in [0.15, 0.2) is 5.16 Å². The van der Waals surface area contributed by atoms with Crippen LogP contribution in [0, 0.1) is 10.1 Å². The van der Waals surface area contributed by atoms with Crippen LogP contribution in [0.4, 0.5) is 16.2 Å². The van der Waals surface area contributed by atoms with Gasteiger partial charge in [-0.2, -0.15) is 0 Å². The van der Waals surface area contributed by atoms with Crippen molar-refractivity contribution in [3.63, 3.8) is 0 Å². The predicted molar refractivity (Wildman–Crippen MR) is 84.1 cm³/mol. The highest BCUT2D eigenvalue weighted by Gasteiger charge is 2.16. The van der Waals surface area contributed by atoms with Crippen LogP contribution >= 0.6 is 11.8 Å². The zero-order valence-electron chi connectivity index (χ0n) is 11.1. The van der Waals surface area contributed by atoms with E-state index in [1.165, 1.54) is 12.1 Å². The van der Waals surface area contributed by atoms with Crippen LogP contribution in [0.3, 0.4) is 0 Å². The molecule has 3 aromatic rings. The van der Waals surface area contributed by atoms with Gasteiger partial charge >= 0.3 is 0 Å². The average molecular weight is 314 g/mol. The maximum Gasteiger partial charge on any atom is 0.292 e. The number of nitro groups is 1. The Hall–Kier alpha value is -2.87. The molecule has 22 heavy (non-hydrogen) atoms. The van der Waals surface area contributed by atoms with Gasteiger partial charge in [-0.15, -0.1) is 0 Å². The Bertz CT molecular complexity index is 829. The van der Waals surface area contributed by atoms with Gasteiger partial charge < -0.3 is 10.3 Å². The van der Waals surface area contributed by atoms with Gasteiger partial charge in [-0.3, -0.25) is 14.9 Å². The number of carbonyl (C=O) groups excluding carboxylic acids is 1. The zero-order valence-corrected chi connectivity index (χ0v) is 12.0. The van der Waals surface area contributed by atoms with Crippen LogP contribution in [0.1, 0.15) is 0 Å². The number of nitrogens with zero attached hydrogens (tertiary/aromatic N) is 2. The smallest absolute Gasteiger partial charge is 0.292 e. The summed E-state index contributed by atoms with van der Waals surface area (Å²) < 4.78 is 0. The molecule has 2 N–H and O–H groups in total. The fourth-order valence-electron chi connectivity index (χ4n) is 1.94. The molecule has 1 aromatic heterocycles. The number of amides is 1. The van der Waals surface area contributed by atoms with Crippen LogP contribution in [0.2, 0.25) is 0 Å². The second-order valence-corrected chi connectivity index (χ2v) is 5.31. The number of nitro benzene ring substituents is 1. The molecule has 110 valence electrons. The Balaban J connectivity index is 1.76. The summed E-state index contributed by atoms with van der Waals surface area (Å²) in [7, 11) is 0. The summed E-state index contributed by atoms with van der Waals surface area (Å²) in [6.45, 7) is 0. The fourth-order valence-corrected chi connectivity index (χ4v) is 2.58. The van der Waals surface area contributed by atoms with Gasteiger partial charge in [0.1, 0.15) is 5.69 Å². The van der Waals surface area contributed by atoms with Gasteiger partial charge in [-0.25, -0.2) is 4.98 Å². The normalized spacial score (nSPS) is 10.5. The Labute approximate surface area is 128 Å². The second-order valence-electron chi connectivity index (χ2n) is 4.35. The van der Waals surface area contributed by atoms with E-state index in [0.29, 0.717) is 5.16 Å². The number of fused-ring (bicyclic) bond motifs is 1. The Morgan fingerprint density at radius 3 is 2.68 bits per heavy atom. The van der Waals surface area contributed by atoms with Crippen LogP contribution in [-0.4, -0.2) is 20.1 Å². The zero-order chi connectivity index (χ0) is 15.5. The van der Waals surface area contributed by atoms with Crippen molar-refractivity contribution in [3.05, 3.63) is 58.6 Å². The van der Waals surface area contributed by atoms with Gasteiger partial charge in [-0.1, -0.05) is 24.3 Å². The Kier molecular flexibility index (Phi) is 3.75. The van der Waals surface area contributed by atoms with Gasteiger partial charge in [0.25, 0.3) is 10.9 Å². The molecule has 0 bridgehead atoms. The molecule has 0 saturated carbocycles. The molecule has 0 radical (unpaired) electrons. The fraction of sp³-hybridized carbons (Fsp3) is 0. The van der Waals surface area contributed by atoms with Crippen molar-refractivity contribution in [3.8, 4) is 0 Å². The number of carbonyl (C=O) groups is 1. The van der Waals surface area contributed by atoms with E-state index >= 15 is 0 Å². The number of aromatic amines is 1. The highest BCUT2D eigenvalue weighted by atomic mass is 32.2. The monoisotopic (exact) mass is 314 g/mol. The van der Waals surface area contributed by atoms with Crippen molar-refractivity contribution in [2.75, 3.05) is 5.32 Å². The summed E-state index contributed by atoms with van der Waals surface area (Å²) in [5.74, 6) is 0. The molecule has 2 aromatic carbocycles. The molecule has 7 nitrogen and oxygen atoms in total. The van der Waals surface area contributed by atoms with E-state index < -0.39 is 10.2 Å². The minimum atomic E-state index is -0.540. The molecule has 0 atom stereocenters. The van der Waals surface area contributed by atoms with Crippen LogP contribution in [-0.2, 0) is 0 Å². The number of imidazole rings is 1. The minimum Gasteiger partial charge on any atom is -0.332 e. The highest BCUT2D eigenvalue weighted by molar-refractivity contribution is 8.13. The van der Waals surface area contributed by atoms with Gasteiger partial charge in [0, 0.05) is 17.8 Å². The van der Waals surface area contributed by atoms with Gasteiger partial charge in [0.05, 0.1) is 16.0 Å². The van der Waals surface area contributed by atoms with E-state index in [1.54, 1.807) is 12.1 Å². The third-order valence-corrected chi connectivity index (χ3v) is 3.57. The molecule has 1 amide bonds. The number of nitrogens with one attached hydrogen (secondary N) is 2. The van der Waals surface area contributed by atoms with Crippen LogP contribution in [0.5, 0.6) is 0 Å². The molecular weight excluding hydrogens is 304 g/mol. The number of aromatic nitrogens is 2. The lowest BCUT2D eigenvalue weighted by Crippen LogP contribution is -2.07. The summed E-state index contributed by atoms with van der Waals surface area (Å²) in [5.41, 5.74) is 1.58. The lowest BCUT2D eigenvalue weighted by molar-refractivity contribution is -0.383. The van der Waals surface area contributed by atoms with Gasteiger partial charge in [-0.05, 0) is 18.2 Å². The van der Waals surface area contributed by atoms with E-state index in [0.717, 1.165) is 22.8 Å². The lowest BCUT2D eigenvalue weighted by atomic mass is 10.3. The summed E-state index contributed by atoms with van der Waals surface area (Å²) in [6.07, 6.45) is 0. The molecule has 0 aliphatic carbocycles. The van der Waals surface area contributed by atoms with E-state index in [1.807, 2.05) is 24.3 Å². The summed E-state index contributed by atoms with van der Waals surface area (Å²) in [6, 6.07) is 13.4. The summed E-state index contributed by atoms with van der Waals surface area (Å²) in [4.78, 5) is 29.6. The maximum atomic E-state index is 12.0. The largest absolute Gasteiger partial charge is 0.332 e. The number of hydrogen-bond acceptors (Lipinski definition) is 5. The van der Waals surface area contributed by atoms with Crippen molar-refractivity contribution in [1.82, 2.24) is 9.97 Å². The summed E-state index contributed by atoms with van der Waals surface area (Å²) in [5, 5.41) is 13.4. The molecule has 0 spiro atoms. The van der Waals surface area contributed by atoms with Gasteiger partial charge in [0.2, 0.25) is 0 Å². The van der Waals surface area contributed by atoms with Crippen molar-refractivity contribution < 1.29 is 9.72 Å². The van der Waals surface area contributed by atoms with E-state index in [4.69, 9.17) is 0 Å². The van der Waals surface area contributed by atoms with Crippen LogP contribution in [0.25, 0.3) is 11.0 Å². The molecular formula is C14H10N4O3S. The number of hydrogen-bond donors (Lipinski definition) is 2. The topological polar surface area (TPSA) is 101 Å². The molecule has 0 unspecified atom stereocenters. The Morgan fingerprint density at radius 2 is 1.91 bits per heavy atom. The minimum absolute atomic E-state index is 0.152. The highest BCUT2D eigenvalue weighted by Crippen LogP contribution is 2.26. The molecule has 3 rings (SSSR count). The quantitative estimate of drug-likeness (QED) is 0.435. The first-order valence-corrected chi connectivity index (χ1v) is 7.12. The molecule has 0 aliphatic rings. The standard InChI is InChI=1S/C14H10N4O3S/c19-14(17-11-7-3-4-8-12(11)18(20)21)22-13-15-9-5-1-2-6-10(9)16-13/h1-8H,(H,15,16)(H,17,19). The van der Waals surface area contributed by atoms with E-state index in [2.05, 4.69) is 15.3 Å². The number of H-pyrrole nitrogens is 1. The first kappa shape index (κ1) is 14.1. The number of benzene rings is 2. The maximum absolute atomic E-state index is 12.0. The van der Waals surface area contributed by atoms with Crippen molar-refractivity contribution in [2.24, 2.45) is 0 Å². The SMILES string of the molecule is O=C(Nc1ccccc1[N+](=O)[O-])Sc1nc2ccccc2[nH]1. The van der Waals surface area contributed by atoms with Crippen molar-refractivity contribution in [2.45, 2.75) is 5.16 Å². The first-order chi connectivity index (χ1) is 10.6. The van der Waals surface area contributed by atoms with Crippen LogP contribution in [0.15, 0.2) is 53.7 Å². The molecule has 0 saturated heterocycles. The number of thioether (sulfide) groups is 1. The molecule has 0 fully saturated rings. The van der Waals surface area contributed by atoms with Crippen LogP contribution < -0.4 is 5.32 Å². The van der Waals surface area contributed by atoms with Crippen molar-refractivity contribution >= 4 is 39.4 Å². The lowest BCUT2D eigenvalue weighted by Gasteiger charge is -2.03. The van der Waals surface area contributed by atoms with E-state index in [-0.39, 0.29) is 11.4 Å². The van der Waals surface area contributed by atoms with Crippen molar-refractivity contribution in [1.29, 1.82) is 0 Å². The van der Waals surface area contributed by atoms with E-state index in [9.17, 15) is 14.9 Å². The molecule has 1 heterocycles. The first-order valence-electron chi connectivity index (χ1n) is 6.30. The number of anilines is 1. The average Bonchev–Trinajstić information content (AvgIpc) is 2.89. The summed E-state index contributed by atoms with van der Waals surface area (Å²) >= 11 is 0.845. The number of para-hydroxylation sites is 4. The second kappa shape index (κ2) is 5.86. The molecule has 0 aliphatic heterocycles. The predicted octanol–water partition coefficient (Wildman–Crippen LogP) is 3.80.